The number of hydrogen-bond donors (Lipinski definition) is 1. The summed E-state index contributed by atoms with van der Waals surface area (Å²) in [6.07, 6.45) is 0. The van der Waals surface area contributed by atoms with Gasteiger partial charge in [-0.1, -0.05) is 41.4 Å². The SMILES string of the molecule is Cc1ccc(COc2cc(Cl)c(Cl)cc2N)cc1C. The smallest absolute Gasteiger partial charge is 0.144 e. The van der Waals surface area contributed by atoms with E-state index >= 15 is 0 Å². The Hall–Kier alpha value is -1.38. The highest BCUT2D eigenvalue weighted by molar-refractivity contribution is 6.42. The molecule has 0 aromatic heterocycles. The van der Waals surface area contributed by atoms with Gasteiger partial charge in [0.05, 0.1) is 15.7 Å². The molecule has 0 aliphatic heterocycles. The summed E-state index contributed by atoms with van der Waals surface area (Å²) in [4.78, 5) is 0. The summed E-state index contributed by atoms with van der Waals surface area (Å²) in [5.74, 6) is 0.549. The fraction of sp³-hybridized carbons (Fsp3) is 0.200. The van der Waals surface area contributed by atoms with Crippen LogP contribution in [0.15, 0.2) is 30.3 Å². The van der Waals surface area contributed by atoms with Crippen molar-refractivity contribution in [3.63, 3.8) is 0 Å². The van der Waals surface area contributed by atoms with Crippen molar-refractivity contribution in [3.8, 4) is 5.75 Å². The van der Waals surface area contributed by atoms with Crippen molar-refractivity contribution in [2.24, 2.45) is 0 Å². The van der Waals surface area contributed by atoms with E-state index in [2.05, 4.69) is 26.0 Å². The molecule has 0 spiro atoms. The number of halogens is 2. The first-order valence-corrected chi connectivity index (χ1v) is 6.66. The van der Waals surface area contributed by atoms with Crippen molar-refractivity contribution >= 4 is 28.9 Å². The summed E-state index contributed by atoms with van der Waals surface area (Å²) in [5, 5.41) is 0.864. The molecule has 0 saturated carbocycles. The Balaban J connectivity index is 2.14. The second kappa shape index (κ2) is 5.72. The molecule has 2 rings (SSSR count). The fourth-order valence-electron chi connectivity index (χ4n) is 1.72. The molecule has 2 aromatic rings. The molecule has 100 valence electrons. The maximum atomic E-state index is 5.95. The lowest BCUT2D eigenvalue weighted by molar-refractivity contribution is 0.308. The van der Waals surface area contributed by atoms with Gasteiger partial charge >= 0.3 is 0 Å². The standard InChI is InChI=1S/C15H15Cl2NO/c1-9-3-4-11(5-10(9)2)8-19-15-7-13(17)12(16)6-14(15)18/h3-7H,8,18H2,1-2H3. The van der Waals surface area contributed by atoms with Gasteiger partial charge in [-0.3, -0.25) is 0 Å². The predicted molar refractivity (Wildman–Crippen MR) is 81.1 cm³/mol. The van der Waals surface area contributed by atoms with E-state index in [1.807, 2.05) is 6.07 Å². The molecule has 0 bridgehead atoms. The zero-order valence-corrected chi connectivity index (χ0v) is 12.3. The molecule has 2 nitrogen and oxygen atoms in total. The van der Waals surface area contributed by atoms with E-state index in [1.165, 1.54) is 11.1 Å². The molecule has 0 aliphatic carbocycles. The van der Waals surface area contributed by atoms with Crippen molar-refractivity contribution in [2.45, 2.75) is 20.5 Å². The molecule has 0 saturated heterocycles. The van der Waals surface area contributed by atoms with Crippen LogP contribution in [-0.4, -0.2) is 0 Å². The lowest BCUT2D eigenvalue weighted by Crippen LogP contribution is -1.99. The van der Waals surface area contributed by atoms with E-state index in [0.29, 0.717) is 28.1 Å². The number of hydrogen-bond acceptors (Lipinski definition) is 2. The molecule has 0 heterocycles. The van der Waals surface area contributed by atoms with E-state index in [4.69, 9.17) is 33.7 Å². The second-order valence-electron chi connectivity index (χ2n) is 4.51. The number of aryl methyl sites for hydroxylation is 2. The number of rotatable bonds is 3. The van der Waals surface area contributed by atoms with E-state index in [1.54, 1.807) is 12.1 Å². The van der Waals surface area contributed by atoms with Crippen LogP contribution < -0.4 is 10.5 Å². The van der Waals surface area contributed by atoms with Crippen LogP contribution in [0.4, 0.5) is 5.69 Å². The van der Waals surface area contributed by atoms with Gasteiger partial charge in [-0.15, -0.1) is 0 Å². The quantitative estimate of drug-likeness (QED) is 0.828. The van der Waals surface area contributed by atoms with Crippen LogP contribution >= 0.6 is 23.2 Å². The van der Waals surface area contributed by atoms with Gasteiger partial charge in [0.25, 0.3) is 0 Å². The number of ether oxygens (including phenoxy) is 1. The van der Waals surface area contributed by atoms with Gasteiger partial charge in [0, 0.05) is 6.07 Å². The molecule has 4 heteroatoms. The molecule has 0 fully saturated rings. The molecule has 0 amide bonds. The van der Waals surface area contributed by atoms with Crippen LogP contribution in [0.3, 0.4) is 0 Å². The van der Waals surface area contributed by atoms with Crippen LogP contribution in [0.2, 0.25) is 10.0 Å². The van der Waals surface area contributed by atoms with Crippen molar-refractivity contribution in [1.29, 1.82) is 0 Å². The highest BCUT2D eigenvalue weighted by atomic mass is 35.5. The molecule has 19 heavy (non-hydrogen) atoms. The van der Waals surface area contributed by atoms with Crippen LogP contribution in [-0.2, 0) is 6.61 Å². The largest absolute Gasteiger partial charge is 0.487 e. The van der Waals surface area contributed by atoms with Crippen molar-refractivity contribution in [2.75, 3.05) is 5.73 Å². The van der Waals surface area contributed by atoms with Gasteiger partial charge in [-0.25, -0.2) is 0 Å². The predicted octanol–water partition coefficient (Wildman–Crippen LogP) is 4.77. The third kappa shape index (κ3) is 3.34. The monoisotopic (exact) mass is 295 g/mol. The van der Waals surface area contributed by atoms with Gasteiger partial charge in [0.15, 0.2) is 0 Å². The first kappa shape index (κ1) is 14.0. The molecule has 0 unspecified atom stereocenters. The topological polar surface area (TPSA) is 35.2 Å². The molecule has 0 radical (unpaired) electrons. The minimum absolute atomic E-state index is 0.428. The summed E-state index contributed by atoms with van der Waals surface area (Å²) in [5.41, 5.74) is 9.92. The molecular weight excluding hydrogens is 281 g/mol. The Morgan fingerprint density at radius 1 is 1.00 bits per heavy atom. The molecule has 0 atom stereocenters. The van der Waals surface area contributed by atoms with Crippen LogP contribution in [0.5, 0.6) is 5.75 Å². The highest BCUT2D eigenvalue weighted by Crippen LogP contribution is 2.32. The Bertz CT molecular complexity index is 611. The van der Waals surface area contributed by atoms with Crippen molar-refractivity contribution in [1.82, 2.24) is 0 Å². The van der Waals surface area contributed by atoms with Crippen LogP contribution in [0, 0.1) is 13.8 Å². The minimum atomic E-state index is 0.428. The van der Waals surface area contributed by atoms with Crippen molar-refractivity contribution in [3.05, 3.63) is 57.1 Å². The summed E-state index contributed by atoms with van der Waals surface area (Å²) in [6, 6.07) is 9.45. The maximum Gasteiger partial charge on any atom is 0.144 e. The number of benzene rings is 2. The average molecular weight is 296 g/mol. The van der Waals surface area contributed by atoms with Crippen molar-refractivity contribution < 1.29 is 4.74 Å². The third-order valence-corrected chi connectivity index (χ3v) is 3.74. The zero-order chi connectivity index (χ0) is 14.0. The van der Waals surface area contributed by atoms with E-state index in [0.717, 1.165) is 5.56 Å². The Morgan fingerprint density at radius 2 is 1.68 bits per heavy atom. The summed E-state index contributed by atoms with van der Waals surface area (Å²) in [7, 11) is 0. The summed E-state index contributed by atoms with van der Waals surface area (Å²) < 4.78 is 5.69. The van der Waals surface area contributed by atoms with Gasteiger partial charge < -0.3 is 10.5 Å². The highest BCUT2D eigenvalue weighted by Gasteiger charge is 2.06. The second-order valence-corrected chi connectivity index (χ2v) is 5.33. The van der Waals surface area contributed by atoms with Crippen LogP contribution in [0.25, 0.3) is 0 Å². The molecule has 2 aromatic carbocycles. The fourth-order valence-corrected chi connectivity index (χ4v) is 2.05. The lowest BCUT2D eigenvalue weighted by atomic mass is 10.1. The maximum absolute atomic E-state index is 5.95. The Kier molecular flexibility index (Phi) is 4.23. The zero-order valence-electron chi connectivity index (χ0n) is 10.8. The number of nitrogens with two attached hydrogens (primary N) is 1. The van der Waals surface area contributed by atoms with E-state index < -0.39 is 0 Å². The van der Waals surface area contributed by atoms with Gasteiger partial charge in [0.2, 0.25) is 0 Å². The summed E-state index contributed by atoms with van der Waals surface area (Å²) >= 11 is 11.8. The molecule has 2 N–H and O–H groups in total. The van der Waals surface area contributed by atoms with Gasteiger partial charge in [-0.2, -0.15) is 0 Å². The number of anilines is 1. The lowest BCUT2D eigenvalue weighted by Gasteiger charge is -2.11. The first-order valence-electron chi connectivity index (χ1n) is 5.91. The minimum Gasteiger partial charge on any atom is -0.487 e. The Morgan fingerprint density at radius 3 is 2.37 bits per heavy atom. The van der Waals surface area contributed by atoms with Gasteiger partial charge in [-0.05, 0) is 36.6 Å². The average Bonchev–Trinajstić information content (AvgIpc) is 2.36. The molecular formula is C15H15Cl2NO. The van der Waals surface area contributed by atoms with Crippen LogP contribution in [0.1, 0.15) is 16.7 Å². The van der Waals surface area contributed by atoms with E-state index in [9.17, 15) is 0 Å². The van der Waals surface area contributed by atoms with E-state index in [-0.39, 0.29) is 0 Å². The summed E-state index contributed by atoms with van der Waals surface area (Å²) in [6.45, 7) is 4.60. The van der Waals surface area contributed by atoms with Gasteiger partial charge in [0.1, 0.15) is 12.4 Å². The normalized spacial score (nSPS) is 10.5. The molecule has 0 aliphatic rings. The third-order valence-electron chi connectivity index (χ3n) is 3.02. The Labute approximate surface area is 123 Å². The number of nitrogen functional groups attached to an aromatic ring is 1. The first-order chi connectivity index (χ1) is 8.97.